The number of ether oxygens (including phenoxy) is 2. The van der Waals surface area contributed by atoms with Crippen molar-refractivity contribution in [2.75, 3.05) is 13.2 Å². The van der Waals surface area contributed by atoms with Crippen LogP contribution in [0.3, 0.4) is 0 Å². The summed E-state index contributed by atoms with van der Waals surface area (Å²) in [7, 11) is 0. The van der Waals surface area contributed by atoms with E-state index < -0.39 is 18.1 Å². The lowest BCUT2D eigenvalue weighted by Crippen LogP contribution is -2.46. The van der Waals surface area contributed by atoms with Crippen LogP contribution in [0.2, 0.25) is 0 Å². The summed E-state index contributed by atoms with van der Waals surface area (Å²) in [5, 5.41) is 10.2. The molecule has 1 N–H and O–H groups in total. The second-order valence-electron chi connectivity index (χ2n) is 6.28. The number of benzene rings is 1. The normalized spacial score (nSPS) is 36.2. The standard InChI is InChI=1S/C16H22FNO3/c1-16(2)20-10-13(21-16)14-15(19)12(17)9-18(14)8-11-6-4-3-5-7-11/h3-7,12-15,19H,8-10H2,1-2H3/t12?,13?,14?,15-/m1/s1. The third-order valence-electron chi connectivity index (χ3n) is 4.19. The van der Waals surface area contributed by atoms with E-state index in [2.05, 4.69) is 0 Å². The molecule has 3 rings (SSSR count). The Morgan fingerprint density at radius 1 is 1.33 bits per heavy atom. The lowest BCUT2D eigenvalue weighted by Gasteiger charge is -2.30. The highest BCUT2D eigenvalue weighted by Crippen LogP contribution is 2.33. The lowest BCUT2D eigenvalue weighted by atomic mass is 10.1. The Hall–Kier alpha value is -1.01. The fourth-order valence-electron chi connectivity index (χ4n) is 3.21. The summed E-state index contributed by atoms with van der Waals surface area (Å²) in [4.78, 5) is 1.96. The molecule has 2 saturated heterocycles. The quantitative estimate of drug-likeness (QED) is 0.922. The highest BCUT2D eigenvalue weighted by atomic mass is 19.1. The fourth-order valence-corrected chi connectivity index (χ4v) is 3.21. The van der Waals surface area contributed by atoms with Crippen LogP contribution in [0.25, 0.3) is 0 Å². The molecule has 4 atom stereocenters. The third-order valence-corrected chi connectivity index (χ3v) is 4.19. The van der Waals surface area contributed by atoms with Gasteiger partial charge in [-0.25, -0.2) is 4.39 Å². The first kappa shape index (κ1) is 14.9. The van der Waals surface area contributed by atoms with Gasteiger partial charge in [-0.2, -0.15) is 0 Å². The number of rotatable bonds is 3. The van der Waals surface area contributed by atoms with Crippen LogP contribution in [-0.2, 0) is 16.0 Å². The van der Waals surface area contributed by atoms with Crippen LogP contribution in [-0.4, -0.2) is 53.4 Å². The number of aliphatic hydroxyl groups is 1. The zero-order valence-corrected chi connectivity index (χ0v) is 12.4. The predicted octanol–water partition coefficient (Wildman–Crippen LogP) is 1.72. The number of halogens is 1. The Morgan fingerprint density at radius 3 is 2.67 bits per heavy atom. The molecule has 0 aliphatic carbocycles. The molecular formula is C16H22FNO3. The molecule has 3 unspecified atom stereocenters. The number of alkyl halides is 1. The van der Waals surface area contributed by atoms with Gasteiger partial charge < -0.3 is 14.6 Å². The molecule has 5 heteroatoms. The first-order valence-corrected chi connectivity index (χ1v) is 7.38. The Morgan fingerprint density at radius 2 is 2.05 bits per heavy atom. The fraction of sp³-hybridized carbons (Fsp3) is 0.625. The summed E-state index contributed by atoms with van der Waals surface area (Å²) in [6.45, 7) is 4.88. The molecule has 0 saturated carbocycles. The summed E-state index contributed by atoms with van der Waals surface area (Å²) < 4.78 is 25.4. The molecule has 116 valence electrons. The maximum Gasteiger partial charge on any atom is 0.163 e. The third kappa shape index (κ3) is 3.11. The van der Waals surface area contributed by atoms with Crippen LogP contribution >= 0.6 is 0 Å². The van der Waals surface area contributed by atoms with E-state index in [1.807, 2.05) is 49.1 Å². The molecule has 0 spiro atoms. The van der Waals surface area contributed by atoms with Gasteiger partial charge in [0.15, 0.2) is 5.79 Å². The van der Waals surface area contributed by atoms with Crippen molar-refractivity contribution in [3.63, 3.8) is 0 Å². The zero-order valence-electron chi connectivity index (χ0n) is 12.4. The molecule has 1 aromatic carbocycles. The van der Waals surface area contributed by atoms with Crippen LogP contribution in [0, 0.1) is 0 Å². The van der Waals surface area contributed by atoms with Gasteiger partial charge in [0.25, 0.3) is 0 Å². The summed E-state index contributed by atoms with van der Waals surface area (Å²) in [5.41, 5.74) is 1.10. The minimum absolute atomic E-state index is 0.223. The number of hydrogen-bond donors (Lipinski definition) is 1. The average molecular weight is 295 g/mol. The zero-order chi connectivity index (χ0) is 15.0. The molecule has 4 nitrogen and oxygen atoms in total. The van der Waals surface area contributed by atoms with Crippen LogP contribution in [0.4, 0.5) is 4.39 Å². The van der Waals surface area contributed by atoms with Crippen LogP contribution in [0.1, 0.15) is 19.4 Å². The van der Waals surface area contributed by atoms with Crippen molar-refractivity contribution in [3.05, 3.63) is 35.9 Å². The van der Waals surface area contributed by atoms with Gasteiger partial charge in [-0.15, -0.1) is 0 Å². The highest BCUT2D eigenvalue weighted by molar-refractivity contribution is 5.15. The number of aliphatic hydroxyl groups excluding tert-OH is 1. The molecule has 0 aromatic heterocycles. The Labute approximate surface area is 124 Å². The van der Waals surface area contributed by atoms with Gasteiger partial charge in [0, 0.05) is 13.1 Å². The van der Waals surface area contributed by atoms with Crippen molar-refractivity contribution >= 4 is 0 Å². The van der Waals surface area contributed by atoms with Crippen molar-refractivity contribution < 1.29 is 19.0 Å². The van der Waals surface area contributed by atoms with Crippen molar-refractivity contribution in [2.45, 2.75) is 50.6 Å². The van der Waals surface area contributed by atoms with Gasteiger partial charge in [-0.05, 0) is 19.4 Å². The van der Waals surface area contributed by atoms with Gasteiger partial charge in [0.1, 0.15) is 18.4 Å². The smallest absolute Gasteiger partial charge is 0.163 e. The summed E-state index contributed by atoms with van der Waals surface area (Å²) in [6, 6.07) is 9.51. The van der Waals surface area contributed by atoms with Gasteiger partial charge >= 0.3 is 0 Å². The predicted molar refractivity (Wildman–Crippen MR) is 76.4 cm³/mol. The number of nitrogens with zero attached hydrogens (tertiary/aromatic N) is 1. The van der Waals surface area contributed by atoms with E-state index in [1.165, 1.54) is 0 Å². The van der Waals surface area contributed by atoms with E-state index in [0.29, 0.717) is 13.2 Å². The van der Waals surface area contributed by atoms with Crippen LogP contribution in [0.15, 0.2) is 30.3 Å². The Kier molecular flexibility index (Phi) is 4.01. The summed E-state index contributed by atoms with van der Waals surface area (Å²) >= 11 is 0. The Balaban J connectivity index is 1.75. The average Bonchev–Trinajstić information content (AvgIpc) is 2.92. The van der Waals surface area contributed by atoms with Gasteiger partial charge in [-0.1, -0.05) is 30.3 Å². The minimum atomic E-state index is -1.24. The molecule has 2 aliphatic heterocycles. The topological polar surface area (TPSA) is 41.9 Å². The van der Waals surface area contributed by atoms with Crippen molar-refractivity contribution in [1.29, 1.82) is 0 Å². The molecule has 1 aromatic rings. The molecule has 0 radical (unpaired) electrons. The van der Waals surface area contributed by atoms with Crippen molar-refractivity contribution in [1.82, 2.24) is 4.90 Å². The first-order valence-electron chi connectivity index (χ1n) is 7.38. The van der Waals surface area contributed by atoms with Crippen molar-refractivity contribution in [2.24, 2.45) is 0 Å². The van der Waals surface area contributed by atoms with Crippen LogP contribution in [0.5, 0.6) is 0 Å². The number of likely N-dealkylation sites (tertiary alicyclic amines) is 1. The maximum absolute atomic E-state index is 14.0. The van der Waals surface area contributed by atoms with Gasteiger partial charge in [-0.3, -0.25) is 4.90 Å². The van der Waals surface area contributed by atoms with E-state index in [-0.39, 0.29) is 18.7 Å². The van der Waals surface area contributed by atoms with E-state index in [4.69, 9.17) is 9.47 Å². The monoisotopic (exact) mass is 295 g/mol. The van der Waals surface area contributed by atoms with Gasteiger partial charge in [0.05, 0.1) is 12.6 Å². The van der Waals surface area contributed by atoms with E-state index >= 15 is 0 Å². The SMILES string of the molecule is CC1(C)OCC(C2[C@H](O)C(F)CN2Cc2ccccc2)O1. The largest absolute Gasteiger partial charge is 0.388 e. The second-order valence-corrected chi connectivity index (χ2v) is 6.28. The highest BCUT2D eigenvalue weighted by Gasteiger charge is 2.49. The molecule has 2 heterocycles. The van der Waals surface area contributed by atoms with E-state index in [1.54, 1.807) is 0 Å². The second kappa shape index (κ2) is 5.65. The molecule has 21 heavy (non-hydrogen) atoms. The van der Waals surface area contributed by atoms with Crippen LogP contribution < -0.4 is 0 Å². The Bertz CT molecular complexity index is 482. The molecule has 2 aliphatic rings. The van der Waals surface area contributed by atoms with E-state index in [0.717, 1.165) is 5.56 Å². The summed E-state index contributed by atoms with van der Waals surface area (Å²) in [5.74, 6) is -0.669. The lowest BCUT2D eigenvalue weighted by molar-refractivity contribution is -0.149. The van der Waals surface area contributed by atoms with Crippen molar-refractivity contribution in [3.8, 4) is 0 Å². The minimum Gasteiger partial charge on any atom is -0.388 e. The molecule has 0 bridgehead atoms. The summed E-state index contributed by atoms with van der Waals surface area (Å²) in [6.07, 6.45) is -2.58. The first-order chi connectivity index (χ1) is 9.96. The maximum atomic E-state index is 14.0. The van der Waals surface area contributed by atoms with E-state index in [9.17, 15) is 9.50 Å². The molecular weight excluding hydrogens is 273 g/mol. The molecule has 0 amide bonds. The molecule has 2 fully saturated rings. The number of hydrogen-bond acceptors (Lipinski definition) is 4. The van der Waals surface area contributed by atoms with Gasteiger partial charge in [0.2, 0.25) is 0 Å².